The smallest absolute Gasteiger partial charge is 0.265 e. The van der Waals surface area contributed by atoms with Crippen molar-refractivity contribution in [3.63, 3.8) is 0 Å². The average molecular weight is 380 g/mol. The largest absolute Gasteiger partial charge is 0.291 e. The van der Waals surface area contributed by atoms with E-state index in [0.29, 0.717) is 11.1 Å². The molecule has 0 radical (unpaired) electrons. The van der Waals surface area contributed by atoms with Gasteiger partial charge in [-0.1, -0.05) is 84.9 Å². The zero-order valence-corrected chi connectivity index (χ0v) is 16.3. The number of ketones is 3. The maximum absolute atomic E-state index is 13.5. The van der Waals surface area contributed by atoms with E-state index in [9.17, 15) is 14.4 Å². The molecule has 0 heterocycles. The number of rotatable bonds is 5. The molecule has 0 saturated carbocycles. The molecule has 4 rings (SSSR count). The second kappa shape index (κ2) is 7.10. The van der Waals surface area contributed by atoms with E-state index in [1.807, 2.05) is 84.9 Å². The Kier molecular flexibility index (Phi) is 4.59. The van der Waals surface area contributed by atoms with Gasteiger partial charge in [0.1, 0.15) is 0 Å². The summed E-state index contributed by atoms with van der Waals surface area (Å²) in [5.74, 6) is -2.44. The van der Waals surface area contributed by atoms with Crippen LogP contribution in [0, 0.1) is 0 Å². The fourth-order valence-electron chi connectivity index (χ4n) is 4.10. The van der Waals surface area contributed by atoms with E-state index < -0.39 is 22.8 Å². The molecule has 0 atom stereocenters. The van der Waals surface area contributed by atoms with Gasteiger partial charge in [-0.15, -0.1) is 0 Å². The standard InChI is InChI=1S/C26H20O3/c1-17(27)24(28)25(29)26(2,22-15-7-11-18-9-3-5-13-20(18)22)23-16-8-12-19-10-4-6-14-21(19)23/h3-16H,1-2H3. The second-order valence-corrected chi connectivity index (χ2v) is 7.39. The normalized spacial score (nSPS) is 11.5. The molecule has 4 aromatic carbocycles. The summed E-state index contributed by atoms with van der Waals surface area (Å²) in [5, 5.41) is 3.71. The molecular formula is C26H20O3. The molecule has 0 aliphatic carbocycles. The Morgan fingerprint density at radius 2 is 1.03 bits per heavy atom. The molecule has 0 spiro atoms. The van der Waals surface area contributed by atoms with Crippen molar-refractivity contribution in [1.29, 1.82) is 0 Å². The van der Waals surface area contributed by atoms with Gasteiger partial charge < -0.3 is 0 Å². The van der Waals surface area contributed by atoms with E-state index in [4.69, 9.17) is 0 Å². The van der Waals surface area contributed by atoms with E-state index in [-0.39, 0.29) is 0 Å². The van der Waals surface area contributed by atoms with Gasteiger partial charge in [0.2, 0.25) is 11.6 Å². The molecule has 142 valence electrons. The number of Topliss-reactive ketones (excluding diaryl/α,β-unsaturated/α-hetero) is 3. The molecular weight excluding hydrogens is 360 g/mol. The van der Waals surface area contributed by atoms with Crippen LogP contribution in [0.4, 0.5) is 0 Å². The van der Waals surface area contributed by atoms with Gasteiger partial charge in [-0.3, -0.25) is 14.4 Å². The highest BCUT2D eigenvalue weighted by Crippen LogP contribution is 2.40. The maximum Gasteiger partial charge on any atom is 0.265 e. The predicted octanol–water partition coefficient (Wildman–Crippen LogP) is 5.03. The van der Waals surface area contributed by atoms with Crippen LogP contribution in [0.1, 0.15) is 25.0 Å². The van der Waals surface area contributed by atoms with E-state index >= 15 is 0 Å². The van der Waals surface area contributed by atoms with E-state index in [0.717, 1.165) is 28.5 Å². The molecule has 0 fully saturated rings. The van der Waals surface area contributed by atoms with Gasteiger partial charge in [0.15, 0.2) is 0 Å². The number of carbonyl (C=O) groups excluding carboxylic acids is 3. The lowest BCUT2D eigenvalue weighted by atomic mass is 9.69. The first-order valence-corrected chi connectivity index (χ1v) is 9.51. The Labute approximate surface area is 169 Å². The minimum atomic E-state index is -1.30. The average Bonchev–Trinajstić information content (AvgIpc) is 2.76. The van der Waals surface area contributed by atoms with Crippen molar-refractivity contribution >= 4 is 38.9 Å². The van der Waals surface area contributed by atoms with Gasteiger partial charge in [0.25, 0.3) is 5.78 Å². The Morgan fingerprint density at radius 3 is 1.48 bits per heavy atom. The van der Waals surface area contributed by atoms with Crippen LogP contribution < -0.4 is 0 Å². The minimum Gasteiger partial charge on any atom is -0.291 e. The van der Waals surface area contributed by atoms with Crippen molar-refractivity contribution in [2.45, 2.75) is 19.3 Å². The third kappa shape index (κ3) is 2.95. The van der Waals surface area contributed by atoms with Gasteiger partial charge in [-0.05, 0) is 39.6 Å². The van der Waals surface area contributed by atoms with Crippen molar-refractivity contribution in [2.75, 3.05) is 0 Å². The topological polar surface area (TPSA) is 51.2 Å². The van der Waals surface area contributed by atoms with Crippen LogP contribution in [-0.2, 0) is 19.8 Å². The van der Waals surface area contributed by atoms with Gasteiger partial charge >= 0.3 is 0 Å². The highest BCUT2D eigenvalue weighted by atomic mass is 16.2. The first kappa shape index (κ1) is 18.8. The molecule has 0 aliphatic heterocycles. The summed E-state index contributed by atoms with van der Waals surface area (Å²) in [7, 11) is 0. The molecule has 0 aromatic heterocycles. The molecule has 29 heavy (non-hydrogen) atoms. The second-order valence-electron chi connectivity index (χ2n) is 7.39. The molecule has 3 nitrogen and oxygen atoms in total. The van der Waals surface area contributed by atoms with Gasteiger partial charge in [0, 0.05) is 6.92 Å². The lowest BCUT2D eigenvalue weighted by Crippen LogP contribution is -2.41. The number of benzene rings is 4. The fraction of sp³-hybridized carbons (Fsp3) is 0.115. The van der Waals surface area contributed by atoms with Crippen LogP contribution in [0.25, 0.3) is 21.5 Å². The summed E-state index contributed by atoms with van der Waals surface area (Å²) < 4.78 is 0. The molecule has 0 amide bonds. The Morgan fingerprint density at radius 1 is 0.621 bits per heavy atom. The predicted molar refractivity (Wildman–Crippen MR) is 115 cm³/mol. The number of carbonyl (C=O) groups is 3. The molecule has 0 unspecified atom stereocenters. The SMILES string of the molecule is CC(=O)C(=O)C(=O)C(C)(c1cccc2ccccc12)c1cccc2ccccc12. The van der Waals surface area contributed by atoms with Crippen molar-refractivity contribution in [1.82, 2.24) is 0 Å². The number of fused-ring (bicyclic) bond motifs is 2. The zero-order valence-electron chi connectivity index (χ0n) is 16.3. The summed E-state index contributed by atoms with van der Waals surface area (Å²) in [6, 6.07) is 27.0. The van der Waals surface area contributed by atoms with E-state index in [1.54, 1.807) is 6.92 Å². The highest BCUT2D eigenvalue weighted by molar-refractivity contribution is 6.65. The van der Waals surface area contributed by atoms with Gasteiger partial charge in [-0.2, -0.15) is 0 Å². The van der Waals surface area contributed by atoms with Crippen LogP contribution in [0.3, 0.4) is 0 Å². The van der Waals surface area contributed by atoms with Crippen molar-refractivity contribution in [2.24, 2.45) is 0 Å². The van der Waals surface area contributed by atoms with Crippen molar-refractivity contribution < 1.29 is 14.4 Å². The summed E-state index contributed by atoms with van der Waals surface area (Å²) >= 11 is 0. The van der Waals surface area contributed by atoms with E-state index in [2.05, 4.69) is 0 Å². The Bertz CT molecular complexity index is 1190. The lowest BCUT2D eigenvalue weighted by molar-refractivity contribution is -0.144. The molecule has 0 N–H and O–H groups in total. The monoisotopic (exact) mass is 380 g/mol. The van der Waals surface area contributed by atoms with Crippen molar-refractivity contribution in [3.8, 4) is 0 Å². The zero-order chi connectivity index (χ0) is 20.6. The van der Waals surface area contributed by atoms with Crippen LogP contribution in [0.5, 0.6) is 0 Å². The third-order valence-corrected chi connectivity index (χ3v) is 5.64. The summed E-state index contributed by atoms with van der Waals surface area (Å²) in [6.07, 6.45) is 0. The van der Waals surface area contributed by atoms with Crippen LogP contribution in [-0.4, -0.2) is 17.3 Å². The Balaban J connectivity index is 2.12. The van der Waals surface area contributed by atoms with E-state index in [1.165, 1.54) is 0 Å². The molecule has 0 bridgehead atoms. The van der Waals surface area contributed by atoms with Crippen LogP contribution in [0.15, 0.2) is 84.9 Å². The molecule has 4 aromatic rings. The fourth-order valence-corrected chi connectivity index (χ4v) is 4.10. The first-order valence-electron chi connectivity index (χ1n) is 9.51. The molecule has 0 aliphatic rings. The van der Waals surface area contributed by atoms with Crippen LogP contribution in [0.2, 0.25) is 0 Å². The molecule has 3 heteroatoms. The number of hydrogen-bond acceptors (Lipinski definition) is 3. The minimum absolute atomic E-state index is 0.710. The lowest BCUT2D eigenvalue weighted by Gasteiger charge is -2.31. The Hall–Kier alpha value is -3.59. The number of hydrogen-bond donors (Lipinski definition) is 0. The van der Waals surface area contributed by atoms with Gasteiger partial charge in [-0.25, -0.2) is 0 Å². The molecule has 0 saturated heterocycles. The third-order valence-electron chi connectivity index (χ3n) is 5.64. The van der Waals surface area contributed by atoms with Crippen molar-refractivity contribution in [3.05, 3.63) is 96.1 Å². The maximum atomic E-state index is 13.5. The highest BCUT2D eigenvalue weighted by Gasteiger charge is 2.43. The summed E-state index contributed by atoms with van der Waals surface area (Å²) in [6.45, 7) is 2.90. The summed E-state index contributed by atoms with van der Waals surface area (Å²) in [4.78, 5) is 38.0. The van der Waals surface area contributed by atoms with Gasteiger partial charge in [0.05, 0.1) is 5.41 Å². The summed E-state index contributed by atoms with van der Waals surface area (Å²) in [5.41, 5.74) is 0.128. The first-order chi connectivity index (χ1) is 13.9. The van der Waals surface area contributed by atoms with Crippen LogP contribution >= 0.6 is 0 Å². The quantitative estimate of drug-likeness (QED) is 0.361.